The zero-order chi connectivity index (χ0) is 18.1. The fraction of sp³-hybridized carbons (Fsp3) is 0.150. The highest BCUT2D eigenvalue weighted by molar-refractivity contribution is 6.01. The molecule has 0 aliphatic heterocycles. The molecule has 124 valence electrons. The van der Waals surface area contributed by atoms with Gasteiger partial charge >= 0.3 is 0 Å². The maximum absolute atomic E-state index is 12.3. The van der Waals surface area contributed by atoms with Crippen molar-refractivity contribution >= 4 is 12.0 Å². The molecule has 0 aliphatic carbocycles. The molecule has 2 aromatic rings. The van der Waals surface area contributed by atoms with Gasteiger partial charge in [0.25, 0.3) is 5.91 Å². The number of hydrogen-bond acceptors (Lipinski definition) is 4. The second-order valence-corrected chi connectivity index (χ2v) is 5.29. The molecule has 0 unspecified atom stereocenters. The first-order chi connectivity index (χ1) is 12.1. The average molecular weight is 331 g/mol. The Bertz CT molecular complexity index is 828. The first-order valence-electron chi connectivity index (χ1n) is 7.71. The van der Waals surface area contributed by atoms with Crippen LogP contribution in [-0.4, -0.2) is 12.5 Å². The maximum atomic E-state index is 12.3. The third-order valence-electron chi connectivity index (χ3n) is 3.51. The van der Waals surface area contributed by atoms with Crippen LogP contribution in [0.1, 0.15) is 24.1 Å². The van der Waals surface area contributed by atoms with Crippen molar-refractivity contribution in [2.24, 2.45) is 0 Å². The molecule has 1 amide bonds. The quantitative estimate of drug-likeness (QED) is 0.649. The summed E-state index contributed by atoms with van der Waals surface area (Å²) in [6.07, 6.45) is 1.51. The summed E-state index contributed by atoms with van der Waals surface area (Å²) in [6, 6.07) is 20.0. The SMILES string of the molecule is C[C@H](NC(=O)/C(C#N)=C/c1ccc(OCC#N)cc1)c1ccccc1. The molecular weight excluding hydrogens is 314 g/mol. The highest BCUT2D eigenvalue weighted by Gasteiger charge is 2.13. The number of ether oxygens (including phenoxy) is 1. The Hall–Kier alpha value is -3.57. The van der Waals surface area contributed by atoms with Gasteiger partial charge in [0.15, 0.2) is 6.61 Å². The number of benzene rings is 2. The van der Waals surface area contributed by atoms with Crippen LogP contribution in [0.2, 0.25) is 0 Å². The summed E-state index contributed by atoms with van der Waals surface area (Å²) in [4.78, 5) is 12.3. The molecule has 0 aliphatic rings. The molecule has 0 spiro atoms. The molecule has 5 nitrogen and oxygen atoms in total. The zero-order valence-corrected chi connectivity index (χ0v) is 13.8. The van der Waals surface area contributed by atoms with Crippen LogP contribution < -0.4 is 10.1 Å². The fourth-order valence-electron chi connectivity index (χ4n) is 2.19. The van der Waals surface area contributed by atoms with E-state index in [4.69, 9.17) is 10.00 Å². The van der Waals surface area contributed by atoms with E-state index in [1.807, 2.05) is 49.4 Å². The number of nitrogens with zero attached hydrogens (tertiary/aromatic N) is 2. The Morgan fingerprint density at radius 2 is 1.84 bits per heavy atom. The van der Waals surface area contributed by atoms with Crippen molar-refractivity contribution < 1.29 is 9.53 Å². The molecule has 25 heavy (non-hydrogen) atoms. The molecule has 1 N–H and O–H groups in total. The fourth-order valence-corrected chi connectivity index (χ4v) is 2.19. The average Bonchev–Trinajstić information content (AvgIpc) is 2.65. The van der Waals surface area contributed by atoms with Crippen molar-refractivity contribution in [1.29, 1.82) is 10.5 Å². The van der Waals surface area contributed by atoms with Gasteiger partial charge in [0.05, 0.1) is 6.04 Å². The molecule has 5 heteroatoms. The first-order valence-corrected chi connectivity index (χ1v) is 7.71. The maximum Gasteiger partial charge on any atom is 0.262 e. The molecule has 0 fully saturated rings. The zero-order valence-electron chi connectivity index (χ0n) is 13.8. The number of amides is 1. The van der Waals surface area contributed by atoms with Crippen molar-refractivity contribution in [3.8, 4) is 17.9 Å². The lowest BCUT2D eigenvalue weighted by atomic mass is 10.1. The number of nitrogens with one attached hydrogen (secondary N) is 1. The summed E-state index contributed by atoms with van der Waals surface area (Å²) in [5.41, 5.74) is 1.68. The Balaban J connectivity index is 2.07. The van der Waals surface area contributed by atoms with Gasteiger partial charge in [-0.25, -0.2) is 0 Å². The third kappa shape index (κ3) is 5.23. The van der Waals surface area contributed by atoms with Crippen LogP contribution in [0.25, 0.3) is 6.08 Å². The number of nitriles is 2. The summed E-state index contributed by atoms with van der Waals surface area (Å²) in [7, 11) is 0. The highest BCUT2D eigenvalue weighted by Crippen LogP contribution is 2.16. The molecule has 0 aromatic heterocycles. The van der Waals surface area contributed by atoms with Gasteiger partial charge in [-0.1, -0.05) is 42.5 Å². The predicted octanol–water partition coefficient (Wildman–Crippen LogP) is 3.37. The number of hydrogen-bond donors (Lipinski definition) is 1. The van der Waals surface area contributed by atoms with E-state index >= 15 is 0 Å². The standard InChI is InChI=1S/C20H17N3O2/c1-15(17-5-3-2-4-6-17)23-20(24)18(14-22)13-16-7-9-19(10-8-16)25-12-11-21/h2-10,13,15H,12H2,1H3,(H,23,24)/b18-13+/t15-/m0/s1. The van der Waals surface area contributed by atoms with E-state index in [0.29, 0.717) is 11.3 Å². The van der Waals surface area contributed by atoms with E-state index in [-0.39, 0.29) is 18.2 Å². The van der Waals surface area contributed by atoms with Crippen molar-refractivity contribution in [2.45, 2.75) is 13.0 Å². The molecule has 0 bridgehead atoms. The Labute approximate surface area is 146 Å². The van der Waals surface area contributed by atoms with Gasteiger partial charge in [-0.05, 0) is 36.3 Å². The van der Waals surface area contributed by atoms with Crippen molar-refractivity contribution in [3.63, 3.8) is 0 Å². The van der Waals surface area contributed by atoms with Gasteiger partial charge in [-0.3, -0.25) is 4.79 Å². The van der Waals surface area contributed by atoms with E-state index < -0.39 is 5.91 Å². The first kappa shape index (κ1) is 17.8. The van der Waals surface area contributed by atoms with Gasteiger partial charge in [-0.15, -0.1) is 0 Å². The lowest BCUT2D eigenvalue weighted by Gasteiger charge is -2.13. The normalized spacial score (nSPS) is 11.7. The summed E-state index contributed by atoms with van der Waals surface area (Å²) >= 11 is 0. The van der Waals surface area contributed by atoms with Crippen molar-refractivity contribution in [3.05, 3.63) is 71.3 Å². The van der Waals surface area contributed by atoms with Crippen LogP contribution in [0.15, 0.2) is 60.2 Å². The topological polar surface area (TPSA) is 85.9 Å². The van der Waals surface area contributed by atoms with Gasteiger partial charge in [0.2, 0.25) is 0 Å². The van der Waals surface area contributed by atoms with Crippen LogP contribution in [0.5, 0.6) is 5.75 Å². The van der Waals surface area contributed by atoms with Gasteiger partial charge < -0.3 is 10.1 Å². The van der Waals surface area contributed by atoms with E-state index in [2.05, 4.69) is 5.32 Å². The smallest absolute Gasteiger partial charge is 0.262 e. The summed E-state index contributed by atoms with van der Waals surface area (Å²) in [6.45, 7) is 1.84. The molecule has 0 saturated heterocycles. The Morgan fingerprint density at radius 1 is 1.16 bits per heavy atom. The van der Waals surface area contributed by atoms with Crippen LogP contribution in [0, 0.1) is 22.7 Å². The van der Waals surface area contributed by atoms with E-state index in [1.165, 1.54) is 6.08 Å². The molecular formula is C20H17N3O2. The van der Waals surface area contributed by atoms with E-state index in [1.54, 1.807) is 24.3 Å². The highest BCUT2D eigenvalue weighted by atomic mass is 16.5. The Kier molecular flexibility index (Phi) is 6.33. The monoisotopic (exact) mass is 331 g/mol. The van der Waals surface area contributed by atoms with Crippen LogP contribution in [0.4, 0.5) is 0 Å². The number of rotatable bonds is 6. The van der Waals surface area contributed by atoms with Crippen LogP contribution in [-0.2, 0) is 4.79 Å². The molecule has 2 aromatic carbocycles. The Morgan fingerprint density at radius 3 is 2.44 bits per heavy atom. The molecule has 0 radical (unpaired) electrons. The number of carbonyl (C=O) groups excluding carboxylic acids is 1. The summed E-state index contributed by atoms with van der Waals surface area (Å²) in [5, 5.41) is 20.6. The van der Waals surface area contributed by atoms with Gasteiger partial charge in [0, 0.05) is 0 Å². The molecule has 0 heterocycles. The second kappa shape index (κ2) is 8.90. The summed E-state index contributed by atoms with van der Waals surface area (Å²) in [5.74, 6) is 0.128. The minimum Gasteiger partial charge on any atom is -0.479 e. The molecule has 2 rings (SSSR count). The minimum absolute atomic E-state index is 0.0217. The van der Waals surface area contributed by atoms with Crippen LogP contribution >= 0.6 is 0 Å². The van der Waals surface area contributed by atoms with Gasteiger partial charge in [-0.2, -0.15) is 10.5 Å². The lowest BCUT2D eigenvalue weighted by Crippen LogP contribution is -2.27. The summed E-state index contributed by atoms with van der Waals surface area (Å²) < 4.78 is 5.16. The third-order valence-corrected chi connectivity index (χ3v) is 3.51. The van der Waals surface area contributed by atoms with Gasteiger partial charge in [0.1, 0.15) is 23.5 Å². The van der Waals surface area contributed by atoms with E-state index in [9.17, 15) is 10.1 Å². The largest absolute Gasteiger partial charge is 0.479 e. The van der Waals surface area contributed by atoms with Crippen molar-refractivity contribution in [1.82, 2.24) is 5.32 Å². The molecule has 1 atom stereocenters. The molecule has 0 saturated carbocycles. The van der Waals surface area contributed by atoms with E-state index in [0.717, 1.165) is 5.56 Å². The van der Waals surface area contributed by atoms with Crippen LogP contribution in [0.3, 0.4) is 0 Å². The predicted molar refractivity (Wildman–Crippen MR) is 94.1 cm³/mol. The van der Waals surface area contributed by atoms with Crippen molar-refractivity contribution in [2.75, 3.05) is 6.61 Å². The minimum atomic E-state index is -0.427. The lowest BCUT2D eigenvalue weighted by molar-refractivity contribution is -0.117. The second-order valence-electron chi connectivity index (χ2n) is 5.29. The number of carbonyl (C=O) groups is 1.